The molecule has 48 heavy (non-hydrogen) atoms. The molecular formula is C34H38N6O7S. The summed E-state index contributed by atoms with van der Waals surface area (Å²) in [6.07, 6.45) is 10.4. The van der Waals surface area contributed by atoms with Gasteiger partial charge in [0.2, 0.25) is 17.7 Å². The van der Waals surface area contributed by atoms with E-state index < -0.39 is 47.6 Å². The second kappa shape index (κ2) is 13.5. The van der Waals surface area contributed by atoms with Crippen molar-refractivity contribution in [3.8, 4) is 17.4 Å². The number of fused-ring (bicyclic) bond motifs is 3. The molecule has 4 aliphatic rings. The summed E-state index contributed by atoms with van der Waals surface area (Å²) in [4.78, 5) is 69.4. The van der Waals surface area contributed by atoms with E-state index in [4.69, 9.17) is 9.47 Å². The zero-order valence-corrected chi connectivity index (χ0v) is 27.2. The molecule has 5 atom stereocenters. The van der Waals surface area contributed by atoms with Crippen LogP contribution in [0.2, 0.25) is 0 Å². The van der Waals surface area contributed by atoms with Gasteiger partial charge in [-0.05, 0) is 68.5 Å². The molecule has 2 saturated carbocycles. The number of hydrogen-bond acceptors (Lipinski definition) is 10. The van der Waals surface area contributed by atoms with E-state index in [0.29, 0.717) is 40.5 Å². The first kappa shape index (κ1) is 32.0. The van der Waals surface area contributed by atoms with Crippen molar-refractivity contribution in [2.45, 2.75) is 94.0 Å². The average molecular weight is 675 g/mol. The number of amides is 3. The van der Waals surface area contributed by atoms with Crippen molar-refractivity contribution in [3.63, 3.8) is 0 Å². The molecule has 2 aliphatic carbocycles. The molecule has 3 aromatic rings. The maximum Gasteiger partial charge on any atom is 0.408 e. The Hall–Kier alpha value is -4.59. The normalized spacial score (nSPS) is 28.5. The number of nitrogens with zero attached hydrogens (tertiary/aromatic N) is 4. The highest BCUT2D eigenvalue weighted by Gasteiger charge is 2.61. The van der Waals surface area contributed by atoms with Gasteiger partial charge in [0.1, 0.15) is 40.4 Å². The van der Waals surface area contributed by atoms with Crippen molar-refractivity contribution in [2.75, 3.05) is 6.54 Å². The van der Waals surface area contributed by atoms with E-state index >= 15 is 0 Å². The van der Waals surface area contributed by atoms with Crippen LogP contribution >= 0.6 is 11.3 Å². The summed E-state index contributed by atoms with van der Waals surface area (Å²) in [6, 6.07) is 5.34. The van der Waals surface area contributed by atoms with Crippen molar-refractivity contribution in [2.24, 2.45) is 5.92 Å². The minimum absolute atomic E-state index is 0.0325. The third-order valence-corrected chi connectivity index (χ3v) is 10.5. The third kappa shape index (κ3) is 6.58. The summed E-state index contributed by atoms with van der Waals surface area (Å²) >= 11 is 1.43. The van der Waals surface area contributed by atoms with Gasteiger partial charge in [-0.3, -0.25) is 14.6 Å². The first-order chi connectivity index (χ1) is 23.3. The molecule has 3 amide bonds. The fourth-order valence-electron chi connectivity index (χ4n) is 6.65. The molecule has 0 radical (unpaired) electrons. The lowest BCUT2D eigenvalue weighted by Crippen LogP contribution is -2.56. The molecule has 3 fully saturated rings. The van der Waals surface area contributed by atoms with Gasteiger partial charge in [-0.1, -0.05) is 31.1 Å². The van der Waals surface area contributed by atoms with Crippen LogP contribution in [0.5, 0.6) is 5.88 Å². The van der Waals surface area contributed by atoms with Gasteiger partial charge in [-0.25, -0.2) is 14.6 Å². The van der Waals surface area contributed by atoms with Crippen molar-refractivity contribution in [1.82, 2.24) is 30.5 Å². The Morgan fingerprint density at radius 3 is 2.71 bits per heavy atom. The van der Waals surface area contributed by atoms with Crippen molar-refractivity contribution >= 4 is 45.4 Å². The monoisotopic (exact) mass is 674 g/mol. The molecular weight excluding hydrogens is 636 g/mol. The standard InChI is InChI=1S/C34H38N6O7S/c41-28-26-17-22(46-29-23-14-16-48-30(23)38-27(37-29)24-12-6-7-15-35-24)19-40(26)31(42)25(36-33(45)47-21-10-8-11-21)13-5-3-1-2-4-9-20-18-34(20,39-28)32(43)44/h4,6-7,9,12,14-16,20-22,25-26H,1-3,5,8,10-11,13,17-19H2,(H,36,45)(H,39,41)(H,43,44)/b9-4-/t20-,22-,25+,26+,34-/m1/s1. The lowest BCUT2D eigenvalue weighted by atomic mass is 9.96. The lowest BCUT2D eigenvalue weighted by molar-refractivity contribution is -0.145. The summed E-state index contributed by atoms with van der Waals surface area (Å²) in [5.74, 6) is -1.77. The van der Waals surface area contributed by atoms with Gasteiger partial charge in [-0.15, -0.1) is 11.3 Å². The third-order valence-electron chi connectivity index (χ3n) is 9.70. The van der Waals surface area contributed by atoms with E-state index in [1.54, 1.807) is 18.3 Å². The van der Waals surface area contributed by atoms with Gasteiger partial charge in [0.05, 0.1) is 11.9 Å². The van der Waals surface area contributed by atoms with Gasteiger partial charge in [-0.2, -0.15) is 4.98 Å². The number of rotatable bonds is 6. The SMILES string of the molecule is O=C(N[C@H]1CCCCC/C=C\[C@@H]2C[C@@]2(C(=O)O)NC(=O)[C@@H]2C[C@@H](Oc3nc(-c4ccccn4)nc4sccc34)CN2C1=O)OC1CCC1. The van der Waals surface area contributed by atoms with Crippen LogP contribution in [0.1, 0.15) is 64.2 Å². The number of carbonyl (C=O) groups is 4. The zero-order chi connectivity index (χ0) is 33.3. The lowest BCUT2D eigenvalue weighted by Gasteiger charge is -2.30. The molecule has 0 bridgehead atoms. The minimum Gasteiger partial charge on any atom is -0.479 e. The smallest absolute Gasteiger partial charge is 0.408 e. The van der Waals surface area contributed by atoms with E-state index in [2.05, 4.69) is 25.6 Å². The number of pyridine rings is 1. The number of allylic oxidation sites excluding steroid dienone is 1. The van der Waals surface area contributed by atoms with E-state index in [9.17, 15) is 24.3 Å². The van der Waals surface area contributed by atoms with Gasteiger partial charge in [0.25, 0.3) is 0 Å². The molecule has 3 aromatic heterocycles. The quantitative estimate of drug-likeness (QED) is 0.321. The molecule has 252 valence electrons. The highest BCUT2D eigenvalue weighted by molar-refractivity contribution is 7.16. The maximum atomic E-state index is 14.3. The number of carboxylic acids is 1. The predicted molar refractivity (Wildman–Crippen MR) is 175 cm³/mol. The van der Waals surface area contributed by atoms with Crippen LogP contribution in [0.25, 0.3) is 21.7 Å². The number of carboxylic acid groups (broad SMARTS) is 1. The molecule has 7 rings (SSSR count). The highest BCUT2D eigenvalue weighted by Crippen LogP contribution is 2.45. The van der Waals surface area contributed by atoms with Crippen molar-refractivity contribution in [3.05, 3.63) is 48.0 Å². The molecule has 14 heteroatoms. The van der Waals surface area contributed by atoms with Crippen LogP contribution in [0.3, 0.4) is 0 Å². The van der Waals surface area contributed by atoms with Crippen LogP contribution in [0, 0.1) is 5.92 Å². The Morgan fingerprint density at radius 1 is 1.06 bits per heavy atom. The number of ether oxygens (including phenoxy) is 2. The number of hydrogen-bond donors (Lipinski definition) is 3. The number of aromatic nitrogens is 3. The number of aliphatic carboxylic acids is 1. The van der Waals surface area contributed by atoms with Crippen molar-refractivity contribution < 1.29 is 33.8 Å². The molecule has 3 N–H and O–H groups in total. The number of nitrogens with one attached hydrogen (secondary N) is 2. The number of alkyl carbamates (subject to hydrolysis) is 1. The van der Waals surface area contributed by atoms with Crippen molar-refractivity contribution in [1.29, 1.82) is 0 Å². The van der Waals surface area contributed by atoms with Gasteiger partial charge in [0, 0.05) is 18.5 Å². The van der Waals surface area contributed by atoms with Crippen LogP contribution < -0.4 is 15.4 Å². The summed E-state index contributed by atoms with van der Waals surface area (Å²) in [6.45, 7) is 0.0325. The zero-order valence-electron chi connectivity index (χ0n) is 26.4. The maximum absolute atomic E-state index is 14.3. The fourth-order valence-corrected chi connectivity index (χ4v) is 7.40. The summed E-state index contributed by atoms with van der Waals surface area (Å²) in [5.41, 5.74) is -0.861. The Kier molecular flexibility index (Phi) is 8.99. The Labute approximate surface area is 281 Å². The molecule has 5 heterocycles. The molecule has 13 nitrogen and oxygen atoms in total. The van der Waals surface area contributed by atoms with Crippen LogP contribution in [0.15, 0.2) is 48.0 Å². The summed E-state index contributed by atoms with van der Waals surface area (Å²) in [7, 11) is 0. The van der Waals surface area contributed by atoms with Gasteiger partial charge >= 0.3 is 12.1 Å². The van der Waals surface area contributed by atoms with E-state index in [1.165, 1.54) is 16.2 Å². The number of carbonyl (C=O) groups excluding carboxylic acids is 3. The second-order valence-corrected chi connectivity index (χ2v) is 13.9. The molecule has 2 aliphatic heterocycles. The highest BCUT2D eigenvalue weighted by atomic mass is 32.1. The van der Waals surface area contributed by atoms with E-state index in [-0.39, 0.29) is 31.4 Å². The summed E-state index contributed by atoms with van der Waals surface area (Å²) < 4.78 is 12.0. The first-order valence-electron chi connectivity index (χ1n) is 16.6. The molecule has 0 aromatic carbocycles. The summed E-state index contributed by atoms with van der Waals surface area (Å²) in [5, 5.41) is 18.3. The first-order valence-corrected chi connectivity index (χ1v) is 17.5. The molecule has 0 spiro atoms. The number of thiophene rings is 1. The Bertz CT molecular complexity index is 1730. The van der Waals surface area contributed by atoms with Gasteiger partial charge in [0.15, 0.2) is 5.82 Å². The largest absolute Gasteiger partial charge is 0.479 e. The second-order valence-electron chi connectivity index (χ2n) is 13.0. The minimum atomic E-state index is -1.43. The van der Waals surface area contributed by atoms with E-state index in [0.717, 1.165) is 38.5 Å². The Morgan fingerprint density at radius 2 is 1.94 bits per heavy atom. The van der Waals surface area contributed by atoms with Crippen LogP contribution in [0.4, 0.5) is 4.79 Å². The molecule has 1 saturated heterocycles. The molecule has 0 unspecified atom stereocenters. The Balaban J connectivity index is 1.18. The van der Waals surface area contributed by atoms with Crippen LogP contribution in [-0.2, 0) is 19.1 Å². The predicted octanol–water partition coefficient (Wildman–Crippen LogP) is 4.23. The fraction of sp³-hybridized carbons (Fsp3) is 0.500. The topological polar surface area (TPSA) is 173 Å². The van der Waals surface area contributed by atoms with E-state index in [1.807, 2.05) is 29.7 Å². The van der Waals surface area contributed by atoms with Gasteiger partial charge < -0.3 is 30.1 Å². The average Bonchev–Trinajstić information content (AvgIpc) is 3.35. The van der Waals surface area contributed by atoms with Crippen LogP contribution in [-0.4, -0.2) is 85.2 Å².